The van der Waals surface area contributed by atoms with Crippen LogP contribution in [0.25, 0.3) is 0 Å². The molecule has 1 spiro atoms. The highest BCUT2D eigenvalue weighted by Crippen LogP contribution is 2.49. The number of carbonyl (C=O) groups is 2. The summed E-state index contributed by atoms with van der Waals surface area (Å²) in [4.78, 5) is 24.5. The van der Waals surface area contributed by atoms with Crippen LogP contribution in [0.2, 0.25) is 0 Å². The third-order valence-corrected chi connectivity index (χ3v) is 5.85. The molecule has 1 aromatic rings. The molecule has 27 heavy (non-hydrogen) atoms. The predicted octanol–water partition coefficient (Wildman–Crippen LogP) is 2.35. The fourth-order valence-electron chi connectivity index (χ4n) is 4.45. The molecule has 142 valence electrons. The van der Waals surface area contributed by atoms with E-state index < -0.39 is 5.41 Å². The van der Waals surface area contributed by atoms with Gasteiger partial charge in [-0.05, 0) is 48.3 Å². The number of esters is 1. The van der Waals surface area contributed by atoms with Crippen molar-refractivity contribution < 1.29 is 28.5 Å². The van der Waals surface area contributed by atoms with Crippen LogP contribution in [0.3, 0.4) is 0 Å². The van der Waals surface area contributed by atoms with Crippen molar-refractivity contribution in [3.05, 3.63) is 47.2 Å². The maximum absolute atomic E-state index is 12.4. The van der Waals surface area contributed by atoms with Crippen LogP contribution in [0.1, 0.15) is 17.5 Å². The van der Waals surface area contributed by atoms with Crippen molar-refractivity contribution in [3.8, 4) is 11.5 Å². The van der Waals surface area contributed by atoms with Gasteiger partial charge in [-0.25, -0.2) is 0 Å². The van der Waals surface area contributed by atoms with Crippen LogP contribution >= 0.6 is 0 Å². The highest BCUT2D eigenvalue weighted by atomic mass is 16.5. The maximum Gasteiger partial charge on any atom is 0.309 e. The van der Waals surface area contributed by atoms with Crippen LogP contribution in [0, 0.1) is 11.8 Å². The monoisotopic (exact) mass is 370 g/mol. The van der Waals surface area contributed by atoms with E-state index in [0.29, 0.717) is 30.9 Å². The number of benzene rings is 1. The molecule has 0 N–H and O–H groups in total. The number of allylic oxidation sites excluding steroid dienone is 3. The highest BCUT2D eigenvalue weighted by molar-refractivity contribution is 6.04. The fraction of sp³-hybridized carbons (Fsp3) is 0.429. The van der Waals surface area contributed by atoms with Gasteiger partial charge >= 0.3 is 5.97 Å². The number of methoxy groups -OCH3 is 3. The molecular weight excluding hydrogens is 348 g/mol. The van der Waals surface area contributed by atoms with Gasteiger partial charge in [0.05, 0.1) is 33.9 Å². The number of ether oxygens (including phenoxy) is 4. The number of rotatable bonds is 3. The lowest BCUT2D eigenvalue weighted by molar-refractivity contribution is -0.141. The minimum Gasteiger partial charge on any atom is -0.493 e. The number of cyclic esters (lactones) is 1. The zero-order valence-corrected chi connectivity index (χ0v) is 15.6. The molecule has 4 rings (SSSR count). The standard InChI is InChI=1S/C21H22O6/c1-24-17-7-12-6-13-11-27-20(23)14(13)9-21(15(12)8-18(17)25-2)5-4-16(22)19(10-21)26-3/h4-5,7-8,10,13-14H,6,9,11H2,1-3H3/t13-,14+,21+/m0/s1. The highest BCUT2D eigenvalue weighted by Gasteiger charge is 2.48. The summed E-state index contributed by atoms with van der Waals surface area (Å²) in [5.74, 6) is 1.04. The second-order valence-corrected chi connectivity index (χ2v) is 7.22. The van der Waals surface area contributed by atoms with Gasteiger partial charge in [-0.2, -0.15) is 0 Å². The first kappa shape index (κ1) is 17.6. The van der Waals surface area contributed by atoms with Crippen molar-refractivity contribution in [3.63, 3.8) is 0 Å². The molecule has 2 aliphatic carbocycles. The summed E-state index contributed by atoms with van der Waals surface area (Å²) in [6.45, 7) is 0.414. The van der Waals surface area contributed by atoms with Gasteiger partial charge in [-0.15, -0.1) is 0 Å². The van der Waals surface area contributed by atoms with E-state index in [0.717, 1.165) is 11.1 Å². The molecule has 0 amide bonds. The molecule has 0 saturated carbocycles. The molecule has 0 radical (unpaired) electrons. The summed E-state index contributed by atoms with van der Waals surface area (Å²) in [6.07, 6.45) is 6.45. The van der Waals surface area contributed by atoms with Gasteiger partial charge in [0, 0.05) is 11.3 Å². The first-order chi connectivity index (χ1) is 13.0. The van der Waals surface area contributed by atoms with Crippen LogP contribution in [0.5, 0.6) is 11.5 Å². The van der Waals surface area contributed by atoms with Gasteiger partial charge in [-0.1, -0.05) is 6.08 Å². The first-order valence-corrected chi connectivity index (χ1v) is 8.93. The molecule has 1 fully saturated rings. The van der Waals surface area contributed by atoms with Crippen molar-refractivity contribution in [2.24, 2.45) is 11.8 Å². The third kappa shape index (κ3) is 2.71. The van der Waals surface area contributed by atoms with Crippen molar-refractivity contribution in [2.75, 3.05) is 27.9 Å². The molecule has 1 aliphatic heterocycles. The quantitative estimate of drug-likeness (QED) is 0.761. The molecule has 1 saturated heterocycles. The number of hydrogen-bond donors (Lipinski definition) is 0. The lowest BCUT2D eigenvalue weighted by Crippen LogP contribution is -2.31. The molecular formula is C21H22O6. The Morgan fingerprint density at radius 3 is 2.52 bits per heavy atom. The van der Waals surface area contributed by atoms with Crippen molar-refractivity contribution >= 4 is 11.8 Å². The van der Waals surface area contributed by atoms with Gasteiger partial charge in [0.25, 0.3) is 0 Å². The van der Waals surface area contributed by atoms with E-state index in [1.807, 2.05) is 24.3 Å². The molecule has 1 heterocycles. The van der Waals surface area contributed by atoms with E-state index in [9.17, 15) is 9.59 Å². The zero-order chi connectivity index (χ0) is 19.2. The molecule has 0 bridgehead atoms. The van der Waals surface area contributed by atoms with E-state index in [1.54, 1.807) is 14.2 Å². The molecule has 0 aromatic heterocycles. The number of fused-ring (bicyclic) bond motifs is 3. The Bertz CT molecular complexity index is 868. The van der Waals surface area contributed by atoms with Crippen LogP contribution in [0.15, 0.2) is 36.1 Å². The first-order valence-electron chi connectivity index (χ1n) is 8.93. The topological polar surface area (TPSA) is 71.1 Å². The van der Waals surface area contributed by atoms with Crippen LogP contribution in [-0.2, 0) is 30.9 Å². The van der Waals surface area contributed by atoms with Crippen molar-refractivity contribution in [2.45, 2.75) is 18.3 Å². The summed E-state index contributed by atoms with van der Waals surface area (Å²) < 4.78 is 21.6. The van der Waals surface area contributed by atoms with Crippen molar-refractivity contribution in [1.82, 2.24) is 0 Å². The van der Waals surface area contributed by atoms with E-state index in [2.05, 4.69) is 0 Å². The van der Waals surface area contributed by atoms with E-state index in [4.69, 9.17) is 18.9 Å². The Labute approximate surface area is 157 Å². The summed E-state index contributed by atoms with van der Waals surface area (Å²) in [5.41, 5.74) is 1.42. The van der Waals surface area contributed by atoms with Gasteiger partial charge in [0.2, 0.25) is 5.78 Å². The van der Waals surface area contributed by atoms with Crippen LogP contribution in [0.4, 0.5) is 0 Å². The Morgan fingerprint density at radius 1 is 1.07 bits per heavy atom. The van der Waals surface area contributed by atoms with Gasteiger partial charge < -0.3 is 18.9 Å². The Hall–Kier alpha value is -2.76. The van der Waals surface area contributed by atoms with Gasteiger partial charge in [0.15, 0.2) is 17.3 Å². The predicted molar refractivity (Wildman–Crippen MR) is 96.7 cm³/mol. The molecule has 3 atom stereocenters. The summed E-state index contributed by atoms with van der Waals surface area (Å²) in [6, 6.07) is 3.91. The normalized spacial score (nSPS) is 28.8. The largest absolute Gasteiger partial charge is 0.493 e. The Balaban J connectivity index is 1.95. The maximum atomic E-state index is 12.4. The number of ketones is 1. The van der Waals surface area contributed by atoms with E-state index >= 15 is 0 Å². The number of hydrogen-bond acceptors (Lipinski definition) is 6. The van der Waals surface area contributed by atoms with E-state index in [-0.39, 0.29) is 29.3 Å². The SMILES string of the molecule is COC1=C[C@@]2(C=CC1=O)C[C@H]1C(=O)OC[C@@H]1Cc1cc(OC)c(OC)cc12. The molecule has 1 aromatic carbocycles. The average Bonchev–Trinajstić information content (AvgIpc) is 2.95. The average molecular weight is 370 g/mol. The molecule has 3 aliphatic rings. The summed E-state index contributed by atoms with van der Waals surface area (Å²) >= 11 is 0. The number of carbonyl (C=O) groups excluding carboxylic acids is 2. The smallest absolute Gasteiger partial charge is 0.309 e. The molecule has 6 nitrogen and oxygen atoms in total. The Morgan fingerprint density at radius 2 is 1.81 bits per heavy atom. The summed E-state index contributed by atoms with van der Waals surface area (Å²) in [5, 5.41) is 0. The lowest BCUT2D eigenvalue weighted by Gasteiger charge is -2.33. The molecule has 6 heteroatoms. The minimum absolute atomic E-state index is 0.0964. The Kier molecular flexibility index (Phi) is 4.21. The van der Waals surface area contributed by atoms with Crippen LogP contribution < -0.4 is 9.47 Å². The second-order valence-electron chi connectivity index (χ2n) is 7.22. The van der Waals surface area contributed by atoms with Crippen LogP contribution in [-0.4, -0.2) is 39.7 Å². The van der Waals surface area contributed by atoms with Gasteiger partial charge in [0.1, 0.15) is 0 Å². The van der Waals surface area contributed by atoms with Gasteiger partial charge in [-0.3, -0.25) is 9.59 Å². The minimum atomic E-state index is -0.642. The summed E-state index contributed by atoms with van der Waals surface area (Å²) in [7, 11) is 4.68. The fourth-order valence-corrected chi connectivity index (χ4v) is 4.45. The second kappa shape index (κ2) is 6.44. The van der Waals surface area contributed by atoms with E-state index in [1.165, 1.54) is 13.2 Å². The third-order valence-electron chi connectivity index (χ3n) is 5.85. The molecule has 0 unspecified atom stereocenters. The van der Waals surface area contributed by atoms with Crippen molar-refractivity contribution in [1.29, 1.82) is 0 Å². The zero-order valence-electron chi connectivity index (χ0n) is 15.6. The lowest BCUT2D eigenvalue weighted by atomic mass is 9.71.